The second kappa shape index (κ2) is 6.66. The lowest BCUT2D eigenvalue weighted by Crippen LogP contribution is -1.88. The van der Waals surface area contributed by atoms with Gasteiger partial charge in [-0.05, 0) is 19.8 Å². The van der Waals surface area contributed by atoms with Gasteiger partial charge in [0.05, 0.1) is 0 Å². The molecule has 0 rings (SSSR count). The molecule has 0 aliphatic heterocycles. The molecule has 0 bridgehead atoms. The van der Waals surface area contributed by atoms with Crippen molar-refractivity contribution in [2.24, 2.45) is 0 Å². The Morgan fingerprint density at radius 3 is 2.64 bits per heavy atom. The van der Waals surface area contributed by atoms with Crippen LogP contribution in [-0.2, 0) is 0 Å². The molecular formula is C10H17Br. The molecule has 0 saturated heterocycles. The van der Waals surface area contributed by atoms with E-state index in [-0.39, 0.29) is 0 Å². The zero-order valence-electron chi connectivity index (χ0n) is 7.44. The lowest BCUT2D eigenvalue weighted by atomic mass is 10.1. The highest BCUT2D eigenvalue weighted by Gasteiger charge is 1.95. The number of alkyl halides is 1. The van der Waals surface area contributed by atoms with Gasteiger partial charge in [0.25, 0.3) is 0 Å². The molecule has 0 nitrogen and oxygen atoms in total. The third kappa shape index (κ3) is 6.36. The van der Waals surface area contributed by atoms with E-state index >= 15 is 0 Å². The number of allylic oxidation sites excluding steroid dienone is 3. The molecule has 0 aromatic heterocycles. The highest BCUT2D eigenvalue weighted by atomic mass is 79.9. The van der Waals surface area contributed by atoms with Crippen LogP contribution in [0.5, 0.6) is 0 Å². The molecule has 0 fully saturated rings. The third-order valence-electron chi connectivity index (χ3n) is 1.44. The van der Waals surface area contributed by atoms with Crippen LogP contribution in [-0.4, -0.2) is 4.83 Å². The van der Waals surface area contributed by atoms with E-state index in [2.05, 4.69) is 42.4 Å². The maximum Gasteiger partial charge on any atom is 0.0299 e. The fraction of sp³-hybridized carbons (Fsp3) is 0.600. The first-order chi connectivity index (χ1) is 5.20. The van der Waals surface area contributed by atoms with E-state index in [1.165, 1.54) is 18.4 Å². The van der Waals surface area contributed by atoms with Crippen molar-refractivity contribution in [2.75, 3.05) is 0 Å². The van der Waals surface area contributed by atoms with Crippen molar-refractivity contribution in [1.82, 2.24) is 0 Å². The molecule has 1 heteroatoms. The molecule has 0 aliphatic carbocycles. The van der Waals surface area contributed by atoms with Gasteiger partial charge in [-0.25, -0.2) is 0 Å². The lowest BCUT2D eigenvalue weighted by molar-refractivity contribution is 0.872. The van der Waals surface area contributed by atoms with Gasteiger partial charge < -0.3 is 0 Å². The molecule has 0 radical (unpaired) electrons. The fourth-order valence-corrected chi connectivity index (χ4v) is 1.46. The van der Waals surface area contributed by atoms with Gasteiger partial charge in [-0.1, -0.05) is 47.0 Å². The summed E-state index contributed by atoms with van der Waals surface area (Å²) in [6.07, 6.45) is 7.69. The maximum atomic E-state index is 3.73. The van der Waals surface area contributed by atoms with Crippen molar-refractivity contribution in [1.29, 1.82) is 0 Å². The standard InChI is InChI=1S/C10H17Br/c1-4-6-10(7-5-2)8-9(3)11/h4,8-9H,1,5-7H2,2-3H3. The van der Waals surface area contributed by atoms with Crippen molar-refractivity contribution in [2.45, 2.75) is 37.9 Å². The molecule has 0 aromatic rings. The van der Waals surface area contributed by atoms with Gasteiger partial charge >= 0.3 is 0 Å². The Labute approximate surface area is 78.5 Å². The van der Waals surface area contributed by atoms with Crippen LogP contribution < -0.4 is 0 Å². The largest absolute Gasteiger partial charge is 0.103 e. The van der Waals surface area contributed by atoms with Crippen LogP contribution in [0.15, 0.2) is 24.3 Å². The summed E-state index contributed by atoms with van der Waals surface area (Å²) in [6, 6.07) is 0. The molecule has 0 N–H and O–H groups in total. The van der Waals surface area contributed by atoms with E-state index < -0.39 is 0 Å². The monoisotopic (exact) mass is 216 g/mol. The van der Waals surface area contributed by atoms with Crippen molar-refractivity contribution < 1.29 is 0 Å². The summed E-state index contributed by atoms with van der Waals surface area (Å²) in [7, 11) is 0. The average molecular weight is 217 g/mol. The second-order valence-electron chi connectivity index (χ2n) is 2.75. The predicted octanol–water partition coefficient (Wildman–Crippen LogP) is 4.07. The minimum absolute atomic E-state index is 0.490. The van der Waals surface area contributed by atoms with Crippen LogP contribution in [0, 0.1) is 0 Å². The molecule has 0 aromatic carbocycles. The summed E-state index contributed by atoms with van der Waals surface area (Å²) in [5.74, 6) is 0. The van der Waals surface area contributed by atoms with E-state index in [0.717, 1.165) is 6.42 Å². The summed E-state index contributed by atoms with van der Waals surface area (Å²) >= 11 is 3.50. The van der Waals surface area contributed by atoms with E-state index in [0.29, 0.717) is 4.83 Å². The maximum absolute atomic E-state index is 3.73. The van der Waals surface area contributed by atoms with Gasteiger partial charge in [0, 0.05) is 4.83 Å². The van der Waals surface area contributed by atoms with Crippen LogP contribution >= 0.6 is 15.9 Å². The van der Waals surface area contributed by atoms with Gasteiger partial charge in [-0.3, -0.25) is 0 Å². The Hall–Kier alpha value is -0.0400. The quantitative estimate of drug-likeness (QED) is 0.481. The summed E-state index contributed by atoms with van der Waals surface area (Å²) in [5.41, 5.74) is 1.49. The molecule has 0 saturated carbocycles. The molecule has 0 aliphatic rings. The summed E-state index contributed by atoms with van der Waals surface area (Å²) in [6.45, 7) is 8.08. The Bertz CT molecular complexity index is 134. The third-order valence-corrected chi connectivity index (χ3v) is 1.71. The summed E-state index contributed by atoms with van der Waals surface area (Å²) < 4.78 is 0. The van der Waals surface area contributed by atoms with Crippen LogP contribution in [0.2, 0.25) is 0 Å². The topological polar surface area (TPSA) is 0 Å². The Kier molecular flexibility index (Phi) is 6.63. The predicted molar refractivity (Wildman–Crippen MR) is 56.2 cm³/mol. The van der Waals surface area contributed by atoms with Gasteiger partial charge in [0.2, 0.25) is 0 Å². The Morgan fingerprint density at radius 2 is 2.27 bits per heavy atom. The SMILES string of the molecule is C=CCC(=CC(C)Br)CCC. The zero-order chi connectivity index (χ0) is 8.69. The Balaban J connectivity index is 3.95. The molecule has 0 heterocycles. The summed E-state index contributed by atoms with van der Waals surface area (Å²) in [5, 5.41) is 0. The van der Waals surface area contributed by atoms with Crippen molar-refractivity contribution >= 4 is 15.9 Å². The molecule has 11 heavy (non-hydrogen) atoms. The summed E-state index contributed by atoms with van der Waals surface area (Å²) in [4.78, 5) is 0.490. The van der Waals surface area contributed by atoms with Crippen LogP contribution in [0.25, 0.3) is 0 Å². The van der Waals surface area contributed by atoms with Gasteiger partial charge in [0.15, 0.2) is 0 Å². The smallest absolute Gasteiger partial charge is 0.0299 e. The van der Waals surface area contributed by atoms with Crippen molar-refractivity contribution in [3.63, 3.8) is 0 Å². The molecule has 0 spiro atoms. The zero-order valence-corrected chi connectivity index (χ0v) is 9.02. The van der Waals surface area contributed by atoms with Crippen LogP contribution in [0.1, 0.15) is 33.1 Å². The normalized spacial score (nSPS) is 14.6. The van der Waals surface area contributed by atoms with Crippen molar-refractivity contribution in [3.8, 4) is 0 Å². The van der Waals surface area contributed by atoms with Gasteiger partial charge in [-0.15, -0.1) is 6.58 Å². The minimum Gasteiger partial charge on any atom is -0.103 e. The number of rotatable bonds is 5. The highest BCUT2D eigenvalue weighted by Crippen LogP contribution is 2.13. The minimum atomic E-state index is 0.490. The lowest BCUT2D eigenvalue weighted by Gasteiger charge is -2.03. The molecular weight excluding hydrogens is 200 g/mol. The number of hydrogen-bond acceptors (Lipinski definition) is 0. The van der Waals surface area contributed by atoms with E-state index in [4.69, 9.17) is 0 Å². The van der Waals surface area contributed by atoms with Gasteiger partial charge in [-0.2, -0.15) is 0 Å². The van der Waals surface area contributed by atoms with E-state index in [1.54, 1.807) is 0 Å². The fourth-order valence-electron chi connectivity index (χ4n) is 1.08. The molecule has 64 valence electrons. The van der Waals surface area contributed by atoms with Crippen LogP contribution in [0.3, 0.4) is 0 Å². The van der Waals surface area contributed by atoms with Crippen molar-refractivity contribution in [3.05, 3.63) is 24.3 Å². The molecule has 1 atom stereocenters. The second-order valence-corrected chi connectivity index (χ2v) is 4.19. The molecule has 0 amide bonds. The number of halogens is 1. The first-order valence-electron chi connectivity index (χ1n) is 4.15. The number of hydrogen-bond donors (Lipinski definition) is 0. The van der Waals surface area contributed by atoms with Crippen LogP contribution in [0.4, 0.5) is 0 Å². The average Bonchev–Trinajstić information content (AvgIpc) is 1.87. The highest BCUT2D eigenvalue weighted by molar-refractivity contribution is 9.09. The van der Waals surface area contributed by atoms with E-state index in [9.17, 15) is 0 Å². The van der Waals surface area contributed by atoms with Gasteiger partial charge in [0.1, 0.15) is 0 Å². The Morgan fingerprint density at radius 1 is 1.64 bits per heavy atom. The van der Waals surface area contributed by atoms with E-state index in [1.807, 2.05) is 6.08 Å². The first kappa shape index (κ1) is 11.0. The molecule has 1 unspecified atom stereocenters. The first-order valence-corrected chi connectivity index (χ1v) is 5.06.